The first kappa shape index (κ1) is 14.1. The minimum atomic E-state index is 0.669. The number of piperidine rings is 1. The zero-order valence-electron chi connectivity index (χ0n) is 12.8. The molecule has 0 bridgehead atoms. The monoisotopic (exact) mass is 284 g/mol. The van der Waals surface area contributed by atoms with Gasteiger partial charge in [0.15, 0.2) is 0 Å². The van der Waals surface area contributed by atoms with Gasteiger partial charge in [-0.25, -0.2) is 4.68 Å². The lowest BCUT2D eigenvalue weighted by Gasteiger charge is -2.30. The molecule has 0 aliphatic carbocycles. The van der Waals surface area contributed by atoms with E-state index in [9.17, 15) is 0 Å². The lowest BCUT2D eigenvalue weighted by atomic mass is 10.1. The highest BCUT2D eigenvalue weighted by Gasteiger charge is 2.22. The van der Waals surface area contributed by atoms with E-state index < -0.39 is 0 Å². The fourth-order valence-corrected chi connectivity index (χ4v) is 3.16. The van der Waals surface area contributed by atoms with Crippen molar-refractivity contribution in [2.45, 2.75) is 32.6 Å². The van der Waals surface area contributed by atoms with Gasteiger partial charge in [-0.2, -0.15) is 5.10 Å². The van der Waals surface area contributed by atoms with Crippen LogP contribution in [-0.2, 0) is 6.42 Å². The molecular weight excluding hydrogens is 260 g/mol. The molecule has 1 aromatic carbocycles. The van der Waals surface area contributed by atoms with Crippen LogP contribution in [0, 0.1) is 6.92 Å². The molecule has 21 heavy (non-hydrogen) atoms. The molecule has 1 aliphatic rings. The van der Waals surface area contributed by atoms with Crippen LogP contribution >= 0.6 is 0 Å². The van der Waals surface area contributed by atoms with E-state index in [2.05, 4.69) is 40.8 Å². The summed E-state index contributed by atoms with van der Waals surface area (Å²) in [6.45, 7) is 5.01. The minimum Gasteiger partial charge on any atom is -0.356 e. The molecule has 2 N–H and O–H groups in total. The van der Waals surface area contributed by atoms with Gasteiger partial charge < -0.3 is 10.6 Å². The standard InChI is InChI=1S/C17H24N4/c1-14-16(10-11-18)17(20-12-6-3-7-13-20)21(19-14)15-8-4-2-5-9-15/h2,4-5,8-9H,3,6-7,10-13,18H2,1H3. The Morgan fingerprint density at radius 3 is 2.48 bits per heavy atom. The van der Waals surface area contributed by atoms with E-state index in [1.807, 2.05) is 6.07 Å². The van der Waals surface area contributed by atoms with Crippen LogP contribution in [0.4, 0.5) is 5.82 Å². The van der Waals surface area contributed by atoms with Gasteiger partial charge in [0.2, 0.25) is 0 Å². The van der Waals surface area contributed by atoms with Crippen LogP contribution < -0.4 is 10.6 Å². The van der Waals surface area contributed by atoms with E-state index in [0.717, 1.165) is 30.9 Å². The van der Waals surface area contributed by atoms with Gasteiger partial charge in [0.1, 0.15) is 5.82 Å². The molecule has 2 aromatic rings. The molecule has 3 rings (SSSR count). The van der Waals surface area contributed by atoms with Gasteiger partial charge >= 0.3 is 0 Å². The van der Waals surface area contributed by atoms with Crippen molar-refractivity contribution in [1.29, 1.82) is 0 Å². The Hall–Kier alpha value is -1.81. The number of nitrogens with zero attached hydrogens (tertiary/aromatic N) is 3. The third-order valence-corrected chi connectivity index (χ3v) is 4.21. The Morgan fingerprint density at radius 1 is 1.10 bits per heavy atom. The quantitative estimate of drug-likeness (QED) is 0.939. The molecule has 0 amide bonds. The van der Waals surface area contributed by atoms with Crippen molar-refractivity contribution in [3.63, 3.8) is 0 Å². The first-order chi connectivity index (χ1) is 10.3. The van der Waals surface area contributed by atoms with Crippen LogP contribution in [0.5, 0.6) is 0 Å². The lowest BCUT2D eigenvalue weighted by molar-refractivity contribution is 0.566. The highest BCUT2D eigenvalue weighted by atomic mass is 15.4. The summed E-state index contributed by atoms with van der Waals surface area (Å²) in [5.41, 5.74) is 9.36. The van der Waals surface area contributed by atoms with E-state index in [0.29, 0.717) is 6.54 Å². The Bertz CT molecular complexity index is 582. The summed E-state index contributed by atoms with van der Waals surface area (Å²) in [4.78, 5) is 2.49. The number of anilines is 1. The number of benzene rings is 1. The van der Waals surface area contributed by atoms with Crippen molar-refractivity contribution in [2.75, 3.05) is 24.5 Å². The first-order valence-corrected chi connectivity index (χ1v) is 7.90. The molecule has 0 atom stereocenters. The average molecular weight is 284 g/mol. The molecule has 2 heterocycles. The molecule has 0 spiro atoms. The normalized spacial score (nSPS) is 15.4. The molecule has 4 nitrogen and oxygen atoms in total. The molecule has 0 radical (unpaired) electrons. The fourth-order valence-electron chi connectivity index (χ4n) is 3.16. The van der Waals surface area contributed by atoms with Crippen molar-refractivity contribution >= 4 is 5.82 Å². The maximum atomic E-state index is 5.82. The van der Waals surface area contributed by atoms with E-state index in [4.69, 9.17) is 10.8 Å². The van der Waals surface area contributed by atoms with Gasteiger partial charge in [-0.15, -0.1) is 0 Å². The lowest BCUT2D eigenvalue weighted by Crippen LogP contribution is -2.32. The van der Waals surface area contributed by atoms with Gasteiger partial charge in [-0.3, -0.25) is 0 Å². The van der Waals surface area contributed by atoms with Crippen molar-refractivity contribution in [3.05, 3.63) is 41.6 Å². The summed E-state index contributed by atoms with van der Waals surface area (Å²) in [7, 11) is 0. The zero-order valence-corrected chi connectivity index (χ0v) is 12.8. The number of hydrogen-bond acceptors (Lipinski definition) is 3. The van der Waals surface area contributed by atoms with Crippen LogP contribution in [0.2, 0.25) is 0 Å². The third kappa shape index (κ3) is 2.81. The van der Waals surface area contributed by atoms with Crippen LogP contribution in [0.15, 0.2) is 30.3 Å². The smallest absolute Gasteiger partial charge is 0.135 e. The van der Waals surface area contributed by atoms with Gasteiger partial charge in [0.05, 0.1) is 11.4 Å². The highest BCUT2D eigenvalue weighted by Crippen LogP contribution is 2.29. The minimum absolute atomic E-state index is 0.669. The van der Waals surface area contributed by atoms with Gasteiger partial charge in [-0.1, -0.05) is 18.2 Å². The Morgan fingerprint density at radius 2 is 1.81 bits per heavy atom. The Balaban J connectivity index is 2.08. The molecule has 1 saturated heterocycles. The van der Waals surface area contributed by atoms with E-state index >= 15 is 0 Å². The van der Waals surface area contributed by atoms with Crippen molar-refractivity contribution in [3.8, 4) is 5.69 Å². The second kappa shape index (κ2) is 6.31. The second-order valence-corrected chi connectivity index (χ2v) is 5.72. The zero-order chi connectivity index (χ0) is 14.7. The van der Waals surface area contributed by atoms with E-state index in [1.165, 1.54) is 30.6 Å². The maximum Gasteiger partial charge on any atom is 0.135 e. The molecule has 1 aromatic heterocycles. The second-order valence-electron chi connectivity index (χ2n) is 5.72. The predicted molar refractivity (Wildman–Crippen MR) is 87.1 cm³/mol. The van der Waals surface area contributed by atoms with E-state index in [1.54, 1.807) is 0 Å². The van der Waals surface area contributed by atoms with Crippen molar-refractivity contribution < 1.29 is 0 Å². The molecule has 4 heteroatoms. The van der Waals surface area contributed by atoms with Crippen molar-refractivity contribution in [2.24, 2.45) is 5.73 Å². The van der Waals surface area contributed by atoms with Crippen LogP contribution in [-0.4, -0.2) is 29.4 Å². The molecule has 112 valence electrons. The number of aromatic nitrogens is 2. The highest BCUT2D eigenvalue weighted by molar-refractivity contribution is 5.55. The van der Waals surface area contributed by atoms with Crippen LogP contribution in [0.1, 0.15) is 30.5 Å². The fraction of sp³-hybridized carbons (Fsp3) is 0.471. The summed E-state index contributed by atoms with van der Waals surface area (Å²) >= 11 is 0. The molecule has 1 aliphatic heterocycles. The number of rotatable bonds is 4. The van der Waals surface area contributed by atoms with Gasteiger partial charge in [0, 0.05) is 18.7 Å². The number of aryl methyl sites for hydroxylation is 1. The van der Waals surface area contributed by atoms with Gasteiger partial charge in [-0.05, 0) is 51.3 Å². The van der Waals surface area contributed by atoms with Gasteiger partial charge in [0.25, 0.3) is 0 Å². The SMILES string of the molecule is Cc1nn(-c2ccccc2)c(N2CCCCC2)c1CCN. The number of nitrogens with two attached hydrogens (primary N) is 1. The summed E-state index contributed by atoms with van der Waals surface area (Å²) in [6, 6.07) is 10.4. The number of para-hydroxylation sites is 1. The van der Waals surface area contributed by atoms with Crippen LogP contribution in [0.25, 0.3) is 5.69 Å². The first-order valence-electron chi connectivity index (χ1n) is 7.90. The van der Waals surface area contributed by atoms with E-state index in [-0.39, 0.29) is 0 Å². The average Bonchev–Trinajstić information content (AvgIpc) is 2.86. The molecule has 0 unspecified atom stereocenters. The van der Waals surface area contributed by atoms with Crippen LogP contribution in [0.3, 0.4) is 0 Å². The Kier molecular flexibility index (Phi) is 4.25. The summed E-state index contributed by atoms with van der Waals surface area (Å²) in [5, 5.41) is 4.79. The summed E-state index contributed by atoms with van der Waals surface area (Å²) in [5.74, 6) is 1.25. The molecular formula is C17H24N4. The van der Waals surface area contributed by atoms with Crippen molar-refractivity contribution in [1.82, 2.24) is 9.78 Å². The summed E-state index contributed by atoms with van der Waals surface area (Å²) in [6.07, 6.45) is 4.76. The maximum absolute atomic E-state index is 5.82. The largest absolute Gasteiger partial charge is 0.356 e. The summed E-state index contributed by atoms with van der Waals surface area (Å²) < 4.78 is 2.10. The number of hydrogen-bond donors (Lipinski definition) is 1. The molecule has 0 saturated carbocycles. The molecule has 1 fully saturated rings. The predicted octanol–water partition coefficient (Wildman–Crippen LogP) is 2.67. The Labute approximate surface area is 126 Å². The topological polar surface area (TPSA) is 47.1 Å². The third-order valence-electron chi connectivity index (χ3n) is 4.21.